The third kappa shape index (κ3) is 2.34. The van der Waals surface area contributed by atoms with Crippen LogP contribution in [0.2, 0.25) is 0 Å². The SMILES string of the molecule is CCCC(O)c1ccccc1-c1nnnn1C. The number of aliphatic hydroxyl groups excluding tert-OH is 1. The van der Waals surface area contributed by atoms with Crippen molar-refractivity contribution in [2.45, 2.75) is 25.9 Å². The molecule has 1 heterocycles. The summed E-state index contributed by atoms with van der Waals surface area (Å²) in [6.07, 6.45) is 1.21. The number of aromatic nitrogens is 4. The summed E-state index contributed by atoms with van der Waals surface area (Å²) in [6, 6.07) is 7.69. The molecule has 5 heteroatoms. The molecule has 0 aliphatic rings. The molecule has 1 aromatic carbocycles. The zero-order chi connectivity index (χ0) is 12.3. The van der Waals surface area contributed by atoms with Gasteiger partial charge in [0.1, 0.15) is 0 Å². The van der Waals surface area contributed by atoms with E-state index in [-0.39, 0.29) is 0 Å². The highest BCUT2D eigenvalue weighted by Crippen LogP contribution is 2.28. The molecule has 0 fully saturated rings. The fourth-order valence-electron chi connectivity index (χ4n) is 1.88. The van der Waals surface area contributed by atoms with Crippen LogP contribution in [-0.2, 0) is 7.05 Å². The molecule has 1 atom stereocenters. The molecular weight excluding hydrogens is 216 g/mol. The van der Waals surface area contributed by atoms with Gasteiger partial charge in [0, 0.05) is 12.6 Å². The molecule has 0 saturated heterocycles. The molecule has 1 unspecified atom stereocenters. The molecule has 0 saturated carbocycles. The maximum atomic E-state index is 10.1. The summed E-state index contributed by atoms with van der Waals surface area (Å²) in [4.78, 5) is 0. The van der Waals surface area contributed by atoms with Gasteiger partial charge in [0.05, 0.1) is 6.10 Å². The minimum absolute atomic E-state index is 0.465. The third-order valence-corrected chi connectivity index (χ3v) is 2.74. The summed E-state index contributed by atoms with van der Waals surface area (Å²) in [5, 5.41) is 21.5. The van der Waals surface area contributed by atoms with Gasteiger partial charge in [0.2, 0.25) is 0 Å². The molecule has 90 valence electrons. The molecule has 0 radical (unpaired) electrons. The topological polar surface area (TPSA) is 63.8 Å². The zero-order valence-electron chi connectivity index (χ0n) is 10.0. The Labute approximate surface area is 100 Å². The molecule has 2 rings (SSSR count). The lowest BCUT2D eigenvalue weighted by Gasteiger charge is -2.13. The third-order valence-electron chi connectivity index (χ3n) is 2.74. The van der Waals surface area contributed by atoms with Crippen LogP contribution in [0.25, 0.3) is 11.4 Å². The van der Waals surface area contributed by atoms with Crippen molar-refractivity contribution in [2.75, 3.05) is 0 Å². The maximum absolute atomic E-state index is 10.1. The normalized spacial score (nSPS) is 12.6. The first-order valence-electron chi connectivity index (χ1n) is 5.73. The molecule has 0 aliphatic carbocycles. The van der Waals surface area contributed by atoms with Crippen molar-refractivity contribution in [3.63, 3.8) is 0 Å². The number of tetrazole rings is 1. The average Bonchev–Trinajstić information content (AvgIpc) is 2.76. The molecule has 0 bridgehead atoms. The Morgan fingerprint density at radius 3 is 2.76 bits per heavy atom. The molecule has 1 N–H and O–H groups in total. The van der Waals surface area contributed by atoms with Crippen LogP contribution in [0.15, 0.2) is 24.3 Å². The van der Waals surface area contributed by atoms with Crippen molar-refractivity contribution in [1.29, 1.82) is 0 Å². The van der Waals surface area contributed by atoms with Crippen LogP contribution in [0.4, 0.5) is 0 Å². The number of hydrogen-bond acceptors (Lipinski definition) is 4. The molecule has 0 aliphatic heterocycles. The van der Waals surface area contributed by atoms with E-state index >= 15 is 0 Å². The van der Waals surface area contributed by atoms with Gasteiger partial charge in [-0.1, -0.05) is 37.6 Å². The smallest absolute Gasteiger partial charge is 0.182 e. The summed E-state index contributed by atoms with van der Waals surface area (Å²) in [6.45, 7) is 2.05. The molecule has 0 spiro atoms. The maximum Gasteiger partial charge on any atom is 0.182 e. The van der Waals surface area contributed by atoms with Crippen LogP contribution in [0.5, 0.6) is 0 Å². The second-order valence-electron chi connectivity index (χ2n) is 4.02. The predicted molar refractivity (Wildman–Crippen MR) is 64.1 cm³/mol. The lowest BCUT2D eigenvalue weighted by Crippen LogP contribution is -2.02. The molecule has 5 nitrogen and oxygen atoms in total. The standard InChI is InChI=1S/C12H16N4O/c1-3-6-11(17)9-7-4-5-8-10(9)12-13-14-15-16(12)2/h4-5,7-8,11,17H,3,6H2,1-2H3. The zero-order valence-corrected chi connectivity index (χ0v) is 10.0. The van der Waals surface area contributed by atoms with Gasteiger partial charge >= 0.3 is 0 Å². The van der Waals surface area contributed by atoms with Crippen LogP contribution < -0.4 is 0 Å². The number of benzene rings is 1. The minimum atomic E-state index is -0.465. The number of nitrogens with zero attached hydrogens (tertiary/aromatic N) is 4. The fourth-order valence-corrected chi connectivity index (χ4v) is 1.88. The second kappa shape index (κ2) is 5.05. The Balaban J connectivity index is 2.44. The van der Waals surface area contributed by atoms with Crippen molar-refractivity contribution in [3.05, 3.63) is 29.8 Å². The van der Waals surface area contributed by atoms with Crippen molar-refractivity contribution in [3.8, 4) is 11.4 Å². The highest BCUT2D eigenvalue weighted by Gasteiger charge is 2.15. The second-order valence-corrected chi connectivity index (χ2v) is 4.02. The molecule has 2 aromatic rings. The van der Waals surface area contributed by atoms with Crippen LogP contribution in [0.1, 0.15) is 31.4 Å². The quantitative estimate of drug-likeness (QED) is 0.871. The average molecular weight is 232 g/mol. The molecule has 17 heavy (non-hydrogen) atoms. The predicted octanol–water partition coefficient (Wildman–Crippen LogP) is 1.71. The van der Waals surface area contributed by atoms with E-state index in [2.05, 4.69) is 22.4 Å². The van der Waals surface area contributed by atoms with Crippen molar-refractivity contribution < 1.29 is 5.11 Å². The highest BCUT2D eigenvalue weighted by molar-refractivity contribution is 5.60. The largest absolute Gasteiger partial charge is 0.388 e. The molecule has 1 aromatic heterocycles. The van der Waals surface area contributed by atoms with Gasteiger partial charge in [-0.25, -0.2) is 4.68 Å². The Morgan fingerprint density at radius 2 is 2.12 bits per heavy atom. The van der Waals surface area contributed by atoms with E-state index in [0.29, 0.717) is 5.82 Å². The van der Waals surface area contributed by atoms with E-state index in [1.54, 1.807) is 11.7 Å². The van der Waals surface area contributed by atoms with E-state index in [0.717, 1.165) is 24.0 Å². The van der Waals surface area contributed by atoms with E-state index in [1.165, 1.54) is 0 Å². The number of rotatable bonds is 4. The van der Waals surface area contributed by atoms with Gasteiger partial charge in [-0.15, -0.1) is 5.10 Å². The van der Waals surface area contributed by atoms with Crippen molar-refractivity contribution in [1.82, 2.24) is 20.2 Å². The summed E-state index contributed by atoms with van der Waals surface area (Å²) in [5.74, 6) is 0.677. The Hall–Kier alpha value is -1.75. The van der Waals surface area contributed by atoms with E-state index < -0.39 is 6.10 Å². The van der Waals surface area contributed by atoms with E-state index in [9.17, 15) is 5.11 Å². The summed E-state index contributed by atoms with van der Waals surface area (Å²) in [5.41, 5.74) is 1.77. The first kappa shape index (κ1) is 11.7. The Kier molecular flexibility index (Phi) is 3.49. The summed E-state index contributed by atoms with van der Waals surface area (Å²) < 4.78 is 1.61. The Morgan fingerprint density at radius 1 is 1.35 bits per heavy atom. The number of aryl methyl sites for hydroxylation is 1. The van der Waals surface area contributed by atoms with Crippen LogP contribution in [-0.4, -0.2) is 25.3 Å². The van der Waals surface area contributed by atoms with Gasteiger partial charge in [0.15, 0.2) is 5.82 Å². The number of hydrogen-bond donors (Lipinski definition) is 1. The van der Waals surface area contributed by atoms with E-state index in [4.69, 9.17) is 0 Å². The monoisotopic (exact) mass is 232 g/mol. The molecular formula is C12H16N4O. The van der Waals surface area contributed by atoms with Crippen molar-refractivity contribution >= 4 is 0 Å². The summed E-state index contributed by atoms with van der Waals surface area (Å²) >= 11 is 0. The van der Waals surface area contributed by atoms with Crippen molar-refractivity contribution in [2.24, 2.45) is 7.05 Å². The summed E-state index contributed by atoms with van der Waals surface area (Å²) in [7, 11) is 1.79. The first-order chi connectivity index (χ1) is 8.24. The van der Waals surface area contributed by atoms with Crippen LogP contribution in [0, 0.1) is 0 Å². The van der Waals surface area contributed by atoms with Crippen LogP contribution in [0.3, 0.4) is 0 Å². The van der Waals surface area contributed by atoms with E-state index in [1.807, 2.05) is 24.3 Å². The molecule has 0 amide bonds. The van der Waals surface area contributed by atoms with Gasteiger partial charge in [-0.3, -0.25) is 0 Å². The minimum Gasteiger partial charge on any atom is -0.388 e. The van der Waals surface area contributed by atoms with Gasteiger partial charge in [-0.05, 0) is 22.4 Å². The van der Waals surface area contributed by atoms with Gasteiger partial charge in [0.25, 0.3) is 0 Å². The van der Waals surface area contributed by atoms with Gasteiger partial charge in [-0.2, -0.15) is 0 Å². The first-order valence-corrected chi connectivity index (χ1v) is 5.73. The highest BCUT2D eigenvalue weighted by atomic mass is 16.3. The lowest BCUT2D eigenvalue weighted by molar-refractivity contribution is 0.167. The Bertz CT molecular complexity index is 495. The fraction of sp³-hybridized carbons (Fsp3) is 0.417. The van der Waals surface area contributed by atoms with Gasteiger partial charge < -0.3 is 5.11 Å². The number of aliphatic hydroxyl groups is 1. The van der Waals surface area contributed by atoms with Crippen LogP contribution >= 0.6 is 0 Å². The lowest BCUT2D eigenvalue weighted by atomic mass is 9.99.